The number of halogens is 1. The summed E-state index contributed by atoms with van der Waals surface area (Å²) in [5.41, 5.74) is 8.73. The molecule has 4 aromatic heterocycles. The SMILES string of the molecule is C=C/C(=C\C(=C/C)c1cnc2n[nH]c(-c3cc4c(-c5ccc(F)cc5)nccc4[nH]3)c2c1)NC(=C)CC(C)(C)C. The van der Waals surface area contributed by atoms with E-state index in [0.29, 0.717) is 5.65 Å². The fourth-order valence-electron chi connectivity index (χ4n) is 4.82. The normalized spacial score (nSPS) is 12.7. The van der Waals surface area contributed by atoms with Gasteiger partial charge in [0.1, 0.15) is 5.82 Å². The van der Waals surface area contributed by atoms with Gasteiger partial charge in [-0.25, -0.2) is 9.37 Å². The van der Waals surface area contributed by atoms with Crippen LogP contribution in [0.3, 0.4) is 0 Å². The van der Waals surface area contributed by atoms with Crippen LogP contribution in [0.15, 0.2) is 97.6 Å². The molecule has 0 saturated carbocycles. The third-order valence-corrected chi connectivity index (χ3v) is 6.58. The molecule has 5 rings (SSSR count). The molecule has 0 aliphatic rings. The zero-order valence-electron chi connectivity index (χ0n) is 23.3. The summed E-state index contributed by atoms with van der Waals surface area (Å²) in [6, 6.07) is 12.4. The number of benzene rings is 1. The fourth-order valence-corrected chi connectivity index (χ4v) is 4.82. The van der Waals surface area contributed by atoms with Gasteiger partial charge in [0.25, 0.3) is 0 Å². The molecule has 7 heteroatoms. The van der Waals surface area contributed by atoms with Crippen molar-refractivity contribution in [2.24, 2.45) is 5.41 Å². The molecule has 0 saturated heterocycles. The van der Waals surface area contributed by atoms with Crippen LogP contribution in [0.4, 0.5) is 4.39 Å². The smallest absolute Gasteiger partial charge is 0.181 e. The zero-order valence-corrected chi connectivity index (χ0v) is 23.3. The molecule has 4 heterocycles. The highest BCUT2D eigenvalue weighted by Crippen LogP contribution is 2.33. The van der Waals surface area contributed by atoms with Gasteiger partial charge in [0, 0.05) is 51.2 Å². The van der Waals surface area contributed by atoms with Gasteiger partial charge in [0.05, 0.1) is 17.1 Å². The maximum Gasteiger partial charge on any atom is 0.181 e. The first-order chi connectivity index (χ1) is 19.1. The van der Waals surface area contributed by atoms with Crippen LogP contribution in [0.5, 0.6) is 0 Å². The van der Waals surface area contributed by atoms with Gasteiger partial charge in [-0.3, -0.25) is 10.1 Å². The fraction of sp³-hybridized carbons (Fsp3) is 0.182. The van der Waals surface area contributed by atoms with E-state index < -0.39 is 0 Å². The summed E-state index contributed by atoms with van der Waals surface area (Å²) in [6.07, 6.45) is 10.3. The summed E-state index contributed by atoms with van der Waals surface area (Å²) in [6.45, 7) is 16.7. The van der Waals surface area contributed by atoms with Crippen molar-refractivity contribution in [3.05, 3.63) is 109 Å². The quantitative estimate of drug-likeness (QED) is 0.176. The molecule has 202 valence electrons. The Morgan fingerprint density at radius 2 is 1.85 bits per heavy atom. The third-order valence-electron chi connectivity index (χ3n) is 6.58. The summed E-state index contributed by atoms with van der Waals surface area (Å²) in [5.74, 6) is -0.279. The first-order valence-electron chi connectivity index (χ1n) is 13.2. The molecule has 0 spiro atoms. The topological polar surface area (TPSA) is 82.3 Å². The van der Waals surface area contributed by atoms with Crippen LogP contribution < -0.4 is 5.32 Å². The summed E-state index contributed by atoms with van der Waals surface area (Å²) >= 11 is 0. The summed E-state index contributed by atoms with van der Waals surface area (Å²) in [7, 11) is 0. The molecule has 0 radical (unpaired) electrons. The third kappa shape index (κ3) is 5.64. The van der Waals surface area contributed by atoms with Gasteiger partial charge in [-0.15, -0.1) is 0 Å². The number of H-pyrrole nitrogens is 2. The van der Waals surface area contributed by atoms with Crippen molar-refractivity contribution in [2.45, 2.75) is 34.1 Å². The second-order valence-electron chi connectivity index (χ2n) is 11.0. The van der Waals surface area contributed by atoms with E-state index in [2.05, 4.69) is 70.5 Å². The van der Waals surface area contributed by atoms with E-state index in [0.717, 1.165) is 67.9 Å². The molecule has 3 N–H and O–H groups in total. The monoisotopic (exact) mass is 532 g/mol. The molecule has 0 fully saturated rings. The van der Waals surface area contributed by atoms with Gasteiger partial charge in [-0.1, -0.05) is 40.0 Å². The Kier molecular flexibility index (Phi) is 7.22. The maximum atomic E-state index is 13.5. The molecule has 40 heavy (non-hydrogen) atoms. The molecule has 0 unspecified atom stereocenters. The van der Waals surface area contributed by atoms with E-state index in [1.165, 1.54) is 12.1 Å². The van der Waals surface area contributed by atoms with E-state index >= 15 is 0 Å². The molecular formula is C33H33FN6. The van der Waals surface area contributed by atoms with Crippen LogP contribution in [0, 0.1) is 11.2 Å². The van der Waals surface area contributed by atoms with Crippen LogP contribution in [0.2, 0.25) is 0 Å². The minimum Gasteiger partial charge on any atom is -0.359 e. The van der Waals surface area contributed by atoms with Gasteiger partial charge >= 0.3 is 0 Å². The number of nitrogens with one attached hydrogen (secondary N) is 3. The largest absolute Gasteiger partial charge is 0.359 e. The summed E-state index contributed by atoms with van der Waals surface area (Å²) < 4.78 is 13.5. The Morgan fingerprint density at radius 1 is 1.07 bits per heavy atom. The first-order valence-corrected chi connectivity index (χ1v) is 13.2. The average molecular weight is 533 g/mol. The van der Waals surface area contributed by atoms with Gasteiger partial charge < -0.3 is 10.3 Å². The Bertz CT molecular complexity index is 1780. The second kappa shape index (κ2) is 10.8. The molecule has 0 atom stereocenters. The highest BCUT2D eigenvalue weighted by molar-refractivity contribution is 5.99. The number of hydrogen-bond acceptors (Lipinski definition) is 4. The lowest BCUT2D eigenvalue weighted by atomic mass is 9.91. The van der Waals surface area contributed by atoms with E-state index in [-0.39, 0.29) is 11.2 Å². The molecule has 0 aliphatic heterocycles. The molecule has 0 amide bonds. The molecule has 5 aromatic rings. The van der Waals surface area contributed by atoms with Crippen molar-refractivity contribution in [1.82, 2.24) is 30.5 Å². The number of rotatable bonds is 8. The van der Waals surface area contributed by atoms with Crippen molar-refractivity contribution in [2.75, 3.05) is 0 Å². The standard InChI is InChI=1S/C33H33FN6/c1-7-21(15-25(8-2)37-20(3)18-33(4,5)6)23-16-27-31(39-40-32(27)36-19-23)29-17-26-28(38-29)13-14-35-30(26)22-9-11-24(34)12-10-22/h7-17,19,37-38H,2-3,18H2,1,4-6H3,(H,36,39,40)/b21-7+,25-15+. The summed E-state index contributed by atoms with van der Waals surface area (Å²) in [5, 5.41) is 12.8. The van der Waals surface area contributed by atoms with Gasteiger partial charge in [-0.2, -0.15) is 5.10 Å². The number of hydrogen-bond donors (Lipinski definition) is 3. The van der Waals surface area contributed by atoms with Gasteiger partial charge in [0.15, 0.2) is 5.65 Å². The van der Waals surface area contributed by atoms with Gasteiger partial charge in [0.2, 0.25) is 0 Å². The number of allylic oxidation sites excluding steroid dienone is 5. The van der Waals surface area contributed by atoms with Crippen LogP contribution in [0.1, 0.15) is 39.7 Å². The number of aromatic nitrogens is 5. The molecule has 0 bridgehead atoms. The number of pyridine rings is 2. The molecule has 1 aromatic carbocycles. The first kappa shape index (κ1) is 26.8. The highest BCUT2D eigenvalue weighted by atomic mass is 19.1. The van der Waals surface area contributed by atoms with E-state index in [1.54, 1.807) is 24.4 Å². The average Bonchev–Trinajstić information content (AvgIpc) is 3.54. The lowest BCUT2D eigenvalue weighted by Gasteiger charge is -2.21. The number of aromatic amines is 2. The van der Waals surface area contributed by atoms with Gasteiger partial charge in [-0.05, 0) is 78.9 Å². The van der Waals surface area contributed by atoms with Crippen molar-refractivity contribution >= 4 is 27.5 Å². The Labute approximate surface area is 233 Å². The van der Waals surface area contributed by atoms with E-state index in [9.17, 15) is 4.39 Å². The lowest BCUT2D eigenvalue weighted by molar-refractivity contribution is 0.403. The second-order valence-corrected chi connectivity index (χ2v) is 11.0. The maximum absolute atomic E-state index is 13.5. The zero-order chi connectivity index (χ0) is 28.4. The minimum atomic E-state index is -0.279. The van der Waals surface area contributed by atoms with Crippen LogP contribution in [0.25, 0.3) is 50.2 Å². The lowest BCUT2D eigenvalue weighted by Crippen LogP contribution is -2.16. The van der Waals surface area contributed by atoms with Crippen molar-refractivity contribution in [3.8, 4) is 22.6 Å². The Morgan fingerprint density at radius 3 is 2.55 bits per heavy atom. The van der Waals surface area contributed by atoms with E-state index in [1.807, 2.05) is 37.4 Å². The highest BCUT2D eigenvalue weighted by Gasteiger charge is 2.16. The predicted octanol–water partition coefficient (Wildman–Crippen LogP) is 8.32. The van der Waals surface area contributed by atoms with Crippen LogP contribution in [-0.4, -0.2) is 25.1 Å². The molecular weight excluding hydrogens is 499 g/mol. The summed E-state index contributed by atoms with van der Waals surface area (Å²) in [4.78, 5) is 12.7. The number of nitrogens with zero attached hydrogens (tertiary/aromatic N) is 3. The van der Waals surface area contributed by atoms with Crippen LogP contribution in [-0.2, 0) is 0 Å². The van der Waals surface area contributed by atoms with Crippen LogP contribution >= 0.6 is 0 Å². The van der Waals surface area contributed by atoms with Crippen molar-refractivity contribution in [3.63, 3.8) is 0 Å². The van der Waals surface area contributed by atoms with Crippen molar-refractivity contribution < 1.29 is 4.39 Å². The molecule has 0 aliphatic carbocycles. The predicted molar refractivity (Wildman–Crippen MR) is 163 cm³/mol. The minimum absolute atomic E-state index is 0.130. The van der Waals surface area contributed by atoms with E-state index in [4.69, 9.17) is 0 Å². The van der Waals surface area contributed by atoms with Crippen molar-refractivity contribution in [1.29, 1.82) is 0 Å². The Balaban J connectivity index is 1.51. The Hall–Kier alpha value is -4.78. The molecule has 6 nitrogen and oxygen atoms in total. The number of fused-ring (bicyclic) bond motifs is 2.